The highest BCUT2D eigenvalue weighted by Crippen LogP contribution is 2.24. The van der Waals surface area contributed by atoms with E-state index < -0.39 is 0 Å². The van der Waals surface area contributed by atoms with Gasteiger partial charge in [-0.2, -0.15) is 0 Å². The zero-order chi connectivity index (χ0) is 13.8. The minimum absolute atomic E-state index is 0.0796. The van der Waals surface area contributed by atoms with E-state index in [4.69, 9.17) is 11.6 Å². The summed E-state index contributed by atoms with van der Waals surface area (Å²) in [5.41, 5.74) is -0.0796. The van der Waals surface area contributed by atoms with Gasteiger partial charge in [-0.25, -0.2) is 9.97 Å². The summed E-state index contributed by atoms with van der Waals surface area (Å²) in [6, 6.07) is 1.86. The van der Waals surface area contributed by atoms with Gasteiger partial charge in [-0.1, -0.05) is 46.2 Å². The Kier molecular flexibility index (Phi) is 5.39. The molecule has 0 atom stereocenters. The van der Waals surface area contributed by atoms with Gasteiger partial charge in [0.05, 0.1) is 0 Å². The standard InChI is InChI=1S/C14H24ClN3/c1-6-8-18(9-7-2)12-10-11(15)16-13(17-12)14(3,4)5/h10H,6-9H2,1-5H3. The van der Waals surface area contributed by atoms with Crippen LogP contribution in [0.5, 0.6) is 0 Å². The third-order valence-electron chi connectivity index (χ3n) is 2.66. The van der Waals surface area contributed by atoms with E-state index in [0.29, 0.717) is 5.15 Å². The van der Waals surface area contributed by atoms with E-state index in [9.17, 15) is 0 Å². The molecule has 18 heavy (non-hydrogen) atoms. The third-order valence-corrected chi connectivity index (χ3v) is 2.86. The lowest BCUT2D eigenvalue weighted by molar-refractivity contribution is 0.543. The molecule has 0 aromatic carbocycles. The van der Waals surface area contributed by atoms with E-state index >= 15 is 0 Å². The van der Waals surface area contributed by atoms with Gasteiger partial charge in [0.2, 0.25) is 0 Å². The van der Waals surface area contributed by atoms with Gasteiger partial charge < -0.3 is 4.90 Å². The second-order valence-electron chi connectivity index (χ2n) is 5.61. The van der Waals surface area contributed by atoms with Crippen molar-refractivity contribution in [1.82, 2.24) is 9.97 Å². The summed E-state index contributed by atoms with van der Waals surface area (Å²) in [5, 5.41) is 0.530. The monoisotopic (exact) mass is 269 g/mol. The summed E-state index contributed by atoms with van der Waals surface area (Å²) in [6.45, 7) is 12.7. The van der Waals surface area contributed by atoms with Gasteiger partial charge in [-0.3, -0.25) is 0 Å². The summed E-state index contributed by atoms with van der Waals surface area (Å²) in [6.07, 6.45) is 2.21. The van der Waals surface area contributed by atoms with Crippen LogP contribution >= 0.6 is 11.6 Å². The Morgan fingerprint density at radius 3 is 2.11 bits per heavy atom. The van der Waals surface area contributed by atoms with E-state index in [1.54, 1.807) is 0 Å². The first kappa shape index (κ1) is 15.2. The lowest BCUT2D eigenvalue weighted by atomic mass is 9.96. The first-order valence-corrected chi connectivity index (χ1v) is 7.06. The summed E-state index contributed by atoms with van der Waals surface area (Å²) in [5.74, 6) is 1.76. The fraction of sp³-hybridized carbons (Fsp3) is 0.714. The van der Waals surface area contributed by atoms with Gasteiger partial charge in [-0.05, 0) is 12.8 Å². The number of rotatable bonds is 5. The van der Waals surface area contributed by atoms with E-state index in [0.717, 1.165) is 37.6 Å². The van der Waals surface area contributed by atoms with E-state index in [1.165, 1.54) is 0 Å². The van der Waals surface area contributed by atoms with Crippen LogP contribution in [0.25, 0.3) is 0 Å². The molecular weight excluding hydrogens is 246 g/mol. The fourth-order valence-corrected chi connectivity index (χ4v) is 1.96. The van der Waals surface area contributed by atoms with Gasteiger partial charge in [0.25, 0.3) is 0 Å². The number of halogens is 1. The van der Waals surface area contributed by atoms with Gasteiger partial charge in [0, 0.05) is 24.6 Å². The van der Waals surface area contributed by atoms with Crippen molar-refractivity contribution in [3.05, 3.63) is 17.0 Å². The van der Waals surface area contributed by atoms with Crippen molar-refractivity contribution in [1.29, 1.82) is 0 Å². The molecule has 0 aliphatic heterocycles. The second-order valence-corrected chi connectivity index (χ2v) is 6.00. The van der Waals surface area contributed by atoms with Gasteiger partial charge >= 0.3 is 0 Å². The Labute approximate surface area is 116 Å². The van der Waals surface area contributed by atoms with Crippen LogP contribution in [0, 0.1) is 0 Å². The number of aromatic nitrogens is 2. The SMILES string of the molecule is CCCN(CCC)c1cc(Cl)nc(C(C)(C)C)n1. The molecule has 0 unspecified atom stereocenters. The smallest absolute Gasteiger partial charge is 0.137 e. The van der Waals surface area contributed by atoms with Gasteiger partial charge in [0.1, 0.15) is 16.8 Å². The molecule has 0 fully saturated rings. The zero-order valence-corrected chi connectivity index (χ0v) is 12.9. The molecule has 0 N–H and O–H groups in total. The number of nitrogens with zero attached hydrogens (tertiary/aromatic N) is 3. The maximum absolute atomic E-state index is 6.12. The topological polar surface area (TPSA) is 29.0 Å². The second kappa shape index (κ2) is 6.37. The predicted octanol–water partition coefficient (Wildman–Crippen LogP) is 4.05. The number of hydrogen-bond acceptors (Lipinski definition) is 3. The van der Waals surface area contributed by atoms with Crippen LogP contribution in [0.2, 0.25) is 5.15 Å². The number of anilines is 1. The summed E-state index contributed by atoms with van der Waals surface area (Å²) >= 11 is 6.12. The Balaban J connectivity index is 3.10. The highest BCUT2D eigenvalue weighted by molar-refractivity contribution is 6.29. The van der Waals surface area contributed by atoms with Crippen molar-refractivity contribution in [3.63, 3.8) is 0 Å². The van der Waals surface area contributed by atoms with E-state index in [2.05, 4.69) is 49.5 Å². The van der Waals surface area contributed by atoms with Crippen molar-refractivity contribution >= 4 is 17.4 Å². The first-order valence-electron chi connectivity index (χ1n) is 6.68. The Hall–Kier alpha value is -0.830. The molecular formula is C14H24ClN3. The van der Waals surface area contributed by atoms with E-state index in [1.807, 2.05) is 6.07 Å². The van der Waals surface area contributed by atoms with Crippen molar-refractivity contribution in [2.24, 2.45) is 0 Å². The van der Waals surface area contributed by atoms with Crippen molar-refractivity contribution in [2.45, 2.75) is 52.9 Å². The summed E-state index contributed by atoms with van der Waals surface area (Å²) in [7, 11) is 0. The van der Waals surface area contributed by atoms with Crippen LogP contribution in [0.4, 0.5) is 5.82 Å². The first-order chi connectivity index (χ1) is 8.38. The van der Waals surface area contributed by atoms with Gasteiger partial charge in [0.15, 0.2) is 0 Å². The van der Waals surface area contributed by atoms with Crippen molar-refractivity contribution in [3.8, 4) is 0 Å². The molecule has 1 aromatic heterocycles. The summed E-state index contributed by atoms with van der Waals surface area (Å²) < 4.78 is 0. The van der Waals surface area contributed by atoms with Crippen LogP contribution < -0.4 is 4.90 Å². The molecule has 102 valence electrons. The molecule has 3 nitrogen and oxygen atoms in total. The van der Waals surface area contributed by atoms with Crippen LogP contribution in [-0.4, -0.2) is 23.1 Å². The van der Waals surface area contributed by atoms with Crippen molar-refractivity contribution in [2.75, 3.05) is 18.0 Å². The quantitative estimate of drug-likeness (QED) is 0.755. The van der Waals surface area contributed by atoms with Gasteiger partial charge in [-0.15, -0.1) is 0 Å². The van der Waals surface area contributed by atoms with E-state index in [-0.39, 0.29) is 5.41 Å². The Morgan fingerprint density at radius 1 is 1.11 bits per heavy atom. The summed E-state index contributed by atoms with van der Waals surface area (Å²) in [4.78, 5) is 11.3. The maximum atomic E-state index is 6.12. The molecule has 4 heteroatoms. The molecule has 1 rings (SSSR count). The van der Waals surface area contributed by atoms with Crippen LogP contribution in [0.3, 0.4) is 0 Å². The van der Waals surface area contributed by atoms with Crippen molar-refractivity contribution < 1.29 is 0 Å². The lowest BCUT2D eigenvalue weighted by Gasteiger charge is -2.25. The zero-order valence-electron chi connectivity index (χ0n) is 12.1. The van der Waals surface area contributed by atoms with Crippen LogP contribution in [-0.2, 0) is 5.41 Å². The molecule has 0 aliphatic carbocycles. The molecule has 0 spiro atoms. The highest BCUT2D eigenvalue weighted by atomic mass is 35.5. The molecule has 0 saturated carbocycles. The Morgan fingerprint density at radius 2 is 1.67 bits per heavy atom. The fourth-order valence-electron chi connectivity index (χ4n) is 1.78. The molecule has 0 bridgehead atoms. The molecule has 0 saturated heterocycles. The lowest BCUT2D eigenvalue weighted by Crippen LogP contribution is -2.27. The average Bonchev–Trinajstić information content (AvgIpc) is 2.27. The molecule has 1 heterocycles. The maximum Gasteiger partial charge on any atom is 0.137 e. The average molecular weight is 270 g/mol. The van der Waals surface area contributed by atoms with Crippen LogP contribution in [0.15, 0.2) is 6.07 Å². The molecule has 0 aliphatic rings. The Bertz CT molecular complexity index is 379. The number of hydrogen-bond donors (Lipinski definition) is 0. The molecule has 1 aromatic rings. The molecule has 0 amide bonds. The minimum atomic E-state index is -0.0796. The third kappa shape index (κ3) is 4.13. The minimum Gasteiger partial charge on any atom is -0.356 e. The normalized spacial score (nSPS) is 11.7. The predicted molar refractivity (Wildman–Crippen MR) is 78.5 cm³/mol. The highest BCUT2D eigenvalue weighted by Gasteiger charge is 2.20. The van der Waals surface area contributed by atoms with Crippen LogP contribution in [0.1, 0.15) is 53.3 Å². The largest absolute Gasteiger partial charge is 0.356 e. The molecule has 0 radical (unpaired) electrons.